The van der Waals surface area contributed by atoms with Crippen LogP contribution in [-0.2, 0) is 0 Å². The van der Waals surface area contributed by atoms with Gasteiger partial charge >= 0.3 is 0 Å². The van der Waals surface area contributed by atoms with E-state index in [1.807, 2.05) is 37.3 Å². The monoisotopic (exact) mass is 396 g/mol. The second kappa shape index (κ2) is 6.41. The number of aliphatic imine (C=N–C) groups is 1. The van der Waals surface area contributed by atoms with Crippen LogP contribution in [0.4, 0.5) is 11.4 Å². The molecular weight excluding hydrogens is 380 g/mol. The van der Waals surface area contributed by atoms with Crippen LogP contribution in [0, 0.1) is 0 Å². The Hall–Kier alpha value is -2.53. The maximum absolute atomic E-state index is 5.73. The predicted molar refractivity (Wildman–Crippen MR) is 106 cm³/mol. The Balaban J connectivity index is 1.86. The molecule has 0 radical (unpaired) electrons. The van der Waals surface area contributed by atoms with Crippen molar-refractivity contribution in [2.24, 2.45) is 4.99 Å². The van der Waals surface area contributed by atoms with Crippen LogP contribution < -0.4 is 14.8 Å². The molecule has 1 heterocycles. The number of nitrogens with one attached hydrogen (secondary N) is 1. The summed E-state index contributed by atoms with van der Waals surface area (Å²) in [6.07, 6.45) is 0. The van der Waals surface area contributed by atoms with Crippen molar-refractivity contribution in [2.45, 2.75) is 6.92 Å². The summed E-state index contributed by atoms with van der Waals surface area (Å²) in [4.78, 5) is 4.82. The van der Waals surface area contributed by atoms with Crippen LogP contribution in [0.1, 0.15) is 12.5 Å². The smallest absolute Gasteiger partial charge is 0.174 e. The number of hydrogen-bond donors (Lipinski definition) is 1. The van der Waals surface area contributed by atoms with Crippen molar-refractivity contribution in [1.29, 1.82) is 0 Å². The van der Waals surface area contributed by atoms with Crippen LogP contribution in [0.25, 0.3) is 10.8 Å². The molecule has 126 valence electrons. The van der Waals surface area contributed by atoms with Gasteiger partial charge in [-0.25, -0.2) is 4.99 Å². The molecule has 1 aliphatic rings. The van der Waals surface area contributed by atoms with E-state index in [9.17, 15) is 0 Å². The fourth-order valence-electron chi connectivity index (χ4n) is 3.10. The number of methoxy groups -OCH3 is 1. The second-order valence-electron chi connectivity index (χ2n) is 5.69. The molecule has 0 aromatic heterocycles. The second-order valence-corrected chi connectivity index (χ2v) is 6.54. The van der Waals surface area contributed by atoms with Crippen molar-refractivity contribution in [2.75, 3.05) is 19.0 Å². The number of anilines is 1. The third-order valence-corrected chi connectivity index (χ3v) is 4.74. The molecule has 4 nitrogen and oxygen atoms in total. The van der Waals surface area contributed by atoms with E-state index in [1.165, 1.54) is 5.39 Å². The first kappa shape index (κ1) is 16.0. The zero-order chi connectivity index (χ0) is 17.4. The molecule has 25 heavy (non-hydrogen) atoms. The number of benzene rings is 3. The average molecular weight is 397 g/mol. The molecule has 0 bridgehead atoms. The van der Waals surface area contributed by atoms with Crippen LogP contribution in [0.5, 0.6) is 11.5 Å². The normalized spacial score (nSPS) is 12.5. The fourth-order valence-corrected chi connectivity index (χ4v) is 3.70. The van der Waals surface area contributed by atoms with E-state index >= 15 is 0 Å². The first-order valence-corrected chi connectivity index (χ1v) is 8.88. The lowest BCUT2D eigenvalue weighted by atomic mass is 10.0. The molecular formula is C20H17BrN2O2. The van der Waals surface area contributed by atoms with Crippen molar-refractivity contribution >= 4 is 43.9 Å². The number of hydrogen-bond acceptors (Lipinski definition) is 4. The molecule has 1 aliphatic heterocycles. The number of ether oxygens (including phenoxy) is 2. The van der Waals surface area contributed by atoms with Gasteiger partial charge in [0.1, 0.15) is 5.84 Å². The molecule has 0 saturated carbocycles. The summed E-state index contributed by atoms with van der Waals surface area (Å²) in [6, 6.07) is 16.3. The van der Waals surface area contributed by atoms with Gasteiger partial charge in [0.05, 0.1) is 23.9 Å². The molecule has 0 spiro atoms. The molecule has 3 aromatic carbocycles. The highest BCUT2D eigenvalue weighted by molar-refractivity contribution is 9.10. The largest absolute Gasteiger partial charge is 0.492 e. The molecule has 0 unspecified atom stereocenters. The molecule has 5 heteroatoms. The van der Waals surface area contributed by atoms with Gasteiger partial charge in [-0.3, -0.25) is 0 Å². The number of nitrogens with zero attached hydrogens (tertiary/aromatic N) is 1. The summed E-state index contributed by atoms with van der Waals surface area (Å²) in [5.74, 6) is 2.16. The SMILES string of the molecule is CCOc1cc(C2=Nc3cccc4cccc(c34)N2)cc(Br)c1OC. The molecule has 1 N–H and O–H groups in total. The van der Waals surface area contributed by atoms with Crippen LogP contribution in [0.2, 0.25) is 0 Å². The van der Waals surface area contributed by atoms with E-state index in [0.29, 0.717) is 18.1 Å². The lowest BCUT2D eigenvalue weighted by molar-refractivity contribution is 0.310. The van der Waals surface area contributed by atoms with Crippen LogP contribution in [0.15, 0.2) is 58.0 Å². The van der Waals surface area contributed by atoms with Gasteiger partial charge in [-0.1, -0.05) is 24.3 Å². The van der Waals surface area contributed by atoms with Gasteiger partial charge < -0.3 is 14.8 Å². The fraction of sp³-hybridized carbons (Fsp3) is 0.150. The average Bonchev–Trinajstić information content (AvgIpc) is 2.62. The summed E-state index contributed by atoms with van der Waals surface area (Å²) in [6.45, 7) is 2.52. The predicted octanol–water partition coefficient (Wildman–Crippen LogP) is 5.51. The van der Waals surface area contributed by atoms with Gasteiger partial charge in [0.15, 0.2) is 11.5 Å². The number of halogens is 1. The third kappa shape index (κ3) is 2.74. The van der Waals surface area contributed by atoms with Crippen molar-refractivity contribution < 1.29 is 9.47 Å². The maximum Gasteiger partial charge on any atom is 0.174 e. The van der Waals surface area contributed by atoms with Crippen molar-refractivity contribution in [1.82, 2.24) is 0 Å². The lowest BCUT2D eigenvalue weighted by Crippen LogP contribution is -2.16. The van der Waals surface area contributed by atoms with Gasteiger partial charge in [0.2, 0.25) is 0 Å². The summed E-state index contributed by atoms with van der Waals surface area (Å²) in [5.41, 5.74) is 2.96. The maximum atomic E-state index is 5.73. The summed E-state index contributed by atoms with van der Waals surface area (Å²) in [5, 5.41) is 5.77. The van der Waals surface area contributed by atoms with Gasteiger partial charge in [0.25, 0.3) is 0 Å². The van der Waals surface area contributed by atoms with E-state index in [2.05, 4.69) is 39.4 Å². The molecule has 0 amide bonds. The van der Waals surface area contributed by atoms with Gasteiger partial charge in [-0.2, -0.15) is 0 Å². The van der Waals surface area contributed by atoms with Gasteiger partial charge in [-0.05, 0) is 52.5 Å². The zero-order valence-electron chi connectivity index (χ0n) is 14.0. The summed E-state index contributed by atoms with van der Waals surface area (Å²) in [7, 11) is 1.63. The Bertz CT molecular complexity index is 993. The minimum atomic E-state index is 0.564. The minimum absolute atomic E-state index is 0.564. The Morgan fingerprint density at radius 2 is 1.92 bits per heavy atom. The Kier molecular flexibility index (Phi) is 4.09. The van der Waals surface area contributed by atoms with Crippen LogP contribution in [-0.4, -0.2) is 19.6 Å². The Morgan fingerprint density at radius 3 is 2.68 bits per heavy atom. The summed E-state index contributed by atoms with van der Waals surface area (Å²) < 4.78 is 12.0. The van der Waals surface area contributed by atoms with Crippen molar-refractivity contribution in [3.8, 4) is 11.5 Å². The van der Waals surface area contributed by atoms with Gasteiger partial charge in [-0.15, -0.1) is 0 Å². The van der Waals surface area contributed by atoms with Crippen molar-refractivity contribution in [3.63, 3.8) is 0 Å². The molecule has 4 rings (SSSR count). The highest BCUT2D eigenvalue weighted by Crippen LogP contribution is 2.40. The molecule has 0 fully saturated rings. The van der Waals surface area contributed by atoms with Crippen LogP contribution >= 0.6 is 15.9 Å². The number of amidine groups is 1. The van der Waals surface area contributed by atoms with E-state index in [1.54, 1.807) is 7.11 Å². The molecule has 3 aromatic rings. The minimum Gasteiger partial charge on any atom is -0.492 e. The van der Waals surface area contributed by atoms with Crippen molar-refractivity contribution in [3.05, 3.63) is 58.6 Å². The topological polar surface area (TPSA) is 42.8 Å². The standard InChI is InChI=1S/C20H17BrN2O2/c1-3-25-17-11-13(10-14(21)19(17)24-2)20-22-15-8-4-6-12-7-5-9-16(23-20)18(12)15/h4-11H,3H2,1-2H3,(H,22,23). The van der Waals surface area contributed by atoms with E-state index < -0.39 is 0 Å². The first-order valence-electron chi connectivity index (χ1n) is 8.09. The summed E-state index contributed by atoms with van der Waals surface area (Å²) >= 11 is 3.57. The Morgan fingerprint density at radius 1 is 1.12 bits per heavy atom. The molecule has 0 aliphatic carbocycles. The third-order valence-electron chi connectivity index (χ3n) is 4.15. The first-order chi connectivity index (χ1) is 12.2. The quantitative estimate of drug-likeness (QED) is 0.631. The zero-order valence-corrected chi connectivity index (χ0v) is 15.6. The highest BCUT2D eigenvalue weighted by atomic mass is 79.9. The van der Waals surface area contributed by atoms with E-state index in [-0.39, 0.29) is 0 Å². The number of rotatable bonds is 4. The molecule has 0 saturated heterocycles. The lowest BCUT2D eigenvalue weighted by Gasteiger charge is -2.20. The van der Waals surface area contributed by atoms with Crippen LogP contribution in [0.3, 0.4) is 0 Å². The molecule has 0 atom stereocenters. The van der Waals surface area contributed by atoms with Gasteiger partial charge in [0, 0.05) is 16.6 Å². The Labute approximate surface area is 154 Å². The highest BCUT2D eigenvalue weighted by Gasteiger charge is 2.19. The van der Waals surface area contributed by atoms with E-state index in [0.717, 1.165) is 32.6 Å². The van der Waals surface area contributed by atoms with E-state index in [4.69, 9.17) is 14.5 Å².